The summed E-state index contributed by atoms with van der Waals surface area (Å²) < 4.78 is 0. The summed E-state index contributed by atoms with van der Waals surface area (Å²) in [5.41, 5.74) is 2.97. The van der Waals surface area contributed by atoms with Crippen LogP contribution in [0.5, 0.6) is 0 Å². The van der Waals surface area contributed by atoms with E-state index in [0.29, 0.717) is 39.2 Å². The molecule has 2 nitrogen and oxygen atoms in total. The molecular formula is C27H48N2. The van der Waals surface area contributed by atoms with Crippen molar-refractivity contribution < 1.29 is 0 Å². The first-order chi connectivity index (χ1) is 13.5. The number of nitrogens with one attached hydrogen (secondary N) is 1. The Bertz CT molecular complexity index is 684. The van der Waals surface area contributed by atoms with E-state index in [1.807, 2.05) is 0 Å². The van der Waals surface area contributed by atoms with Gasteiger partial charge in [0.25, 0.3) is 0 Å². The topological polar surface area (TPSA) is 15.3 Å². The minimum Gasteiger partial charge on any atom is -0.316 e. The summed E-state index contributed by atoms with van der Waals surface area (Å²) in [6.45, 7) is 13.2. The fourth-order valence-corrected chi connectivity index (χ4v) is 11.1. The summed E-state index contributed by atoms with van der Waals surface area (Å²) >= 11 is 0. The Kier molecular flexibility index (Phi) is 4.33. The molecule has 0 aromatic heterocycles. The molecule has 5 fully saturated rings. The van der Waals surface area contributed by atoms with Crippen molar-refractivity contribution >= 4 is 0 Å². The third-order valence-electron chi connectivity index (χ3n) is 13.0. The molecule has 2 heteroatoms. The maximum absolute atomic E-state index is 3.71. The third-order valence-corrected chi connectivity index (χ3v) is 13.0. The van der Waals surface area contributed by atoms with Crippen molar-refractivity contribution in [3.05, 3.63) is 0 Å². The second kappa shape index (κ2) is 6.03. The first-order valence-electron chi connectivity index (χ1n) is 12.8. The maximum atomic E-state index is 3.71. The molecule has 5 rings (SSSR count). The van der Waals surface area contributed by atoms with Crippen LogP contribution in [-0.2, 0) is 0 Å². The molecule has 5 aliphatic rings. The molecule has 0 aromatic carbocycles. The predicted octanol–water partition coefficient (Wildman–Crippen LogP) is 5.96. The summed E-state index contributed by atoms with van der Waals surface area (Å²) in [7, 11) is 6.81. The van der Waals surface area contributed by atoms with Crippen LogP contribution >= 0.6 is 0 Å². The Morgan fingerprint density at radius 3 is 2.10 bits per heavy atom. The number of rotatable bonds is 3. The van der Waals surface area contributed by atoms with E-state index in [1.165, 1.54) is 51.4 Å². The van der Waals surface area contributed by atoms with Crippen molar-refractivity contribution in [1.82, 2.24) is 10.2 Å². The normalized spacial score (nSPS) is 56.2. The number of hydrogen-bond acceptors (Lipinski definition) is 2. The highest BCUT2D eigenvalue weighted by molar-refractivity contribution is 5.31. The number of nitrogens with zero attached hydrogens (tertiary/aromatic N) is 1. The van der Waals surface area contributed by atoms with E-state index >= 15 is 0 Å². The minimum absolute atomic E-state index is 0.459. The van der Waals surface area contributed by atoms with Crippen LogP contribution in [0.1, 0.15) is 92.4 Å². The zero-order chi connectivity index (χ0) is 21.0. The molecule has 0 aliphatic heterocycles. The van der Waals surface area contributed by atoms with Gasteiger partial charge in [-0.2, -0.15) is 0 Å². The van der Waals surface area contributed by atoms with Gasteiger partial charge in [-0.3, -0.25) is 0 Å². The second-order valence-corrected chi connectivity index (χ2v) is 13.6. The van der Waals surface area contributed by atoms with Crippen LogP contribution in [0.25, 0.3) is 0 Å². The fraction of sp³-hybridized carbons (Fsp3) is 1.00. The van der Waals surface area contributed by atoms with Crippen molar-refractivity contribution in [3.63, 3.8) is 0 Å². The van der Waals surface area contributed by atoms with E-state index in [9.17, 15) is 0 Å². The van der Waals surface area contributed by atoms with E-state index in [1.54, 1.807) is 6.42 Å². The van der Waals surface area contributed by atoms with E-state index < -0.39 is 0 Å². The first-order valence-corrected chi connectivity index (χ1v) is 12.8. The molecule has 29 heavy (non-hydrogen) atoms. The molecule has 166 valence electrons. The predicted molar refractivity (Wildman–Crippen MR) is 123 cm³/mol. The Morgan fingerprint density at radius 2 is 1.45 bits per heavy atom. The van der Waals surface area contributed by atoms with Gasteiger partial charge in [-0.25, -0.2) is 0 Å². The van der Waals surface area contributed by atoms with E-state index in [2.05, 4.69) is 66.0 Å². The lowest BCUT2D eigenvalue weighted by Crippen LogP contribution is -2.59. The van der Waals surface area contributed by atoms with Crippen LogP contribution in [0.3, 0.4) is 0 Å². The molecule has 5 saturated carbocycles. The van der Waals surface area contributed by atoms with Gasteiger partial charge in [-0.15, -0.1) is 0 Å². The van der Waals surface area contributed by atoms with Gasteiger partial charge >= 0.3 is 0 Å². The van der Waals surface area contributed by atoms with Crippen LogP contribution in [0.2, 0.25) is 0 Å². The van der Waals surface area contributed by atoms with E-state index in [0.717, 1.165) is 17.8 Å². The van der Waals surface area contributed by atoms with Gasteiger partial charge in [-0.05, 0) is 131 Å². The average Bonchev–Trinajstić information content (AvgIpc) is 3.24. The van der Waals surface area contributed by atoms with Crippen LogP contribution in [0.4, 0.5) is 0 Å². The van der Waals surface area contributed by atoms with Crippen molar-refractivity contribution in [2.75, 3.05) is 21.1 Å². The lowest BCUT2D eigenvalue weighted by atomic mass is 9.42. The van der Waals surface area contributed by atoms with Crippen molar-refractivity contribution in [3.8, 4) is 0 Å². The van der Waals surface area contributed by atoms with Crippen molar-refractivity contribution in [2.45, 2.75) is 104 Å². The largest absolute Gasteiger partial charge is 0.316 e. The molecule has 0 aromatic rings. The maximum Gasteiger partial charge on any atom is 0.0118 e. The summed E-state index contributed by atoms with van der Waals surface area (Å²) in [6.07, 6.45) is 13.5. The molecule has 0 heterocycles. The molecule has 0 bridgehead atoms. The van der Waals surface area contributed by atoms with Crippen molar-refractivity contribution in [1.29, 1.82) is 0 Å². The van der Waals surface area contributed by atoms with E-state index in [4.69, 9.17) is 0 Å². The zero-order valence-corrected chi connectivity index (χ0v) is 20.7. The number of fused-ring (bicyclic) bond motifs is 2. The molecule has 2 spiro atoms. The van der Waals surface area contributed by atoms with Gasteiger partial charge in [0.1, 0.15) is 0 Å². The molecule has 0 saturated heterocycles. The smallest absolute Gasteiger partial charge is 0.0118 e. The zero-order valence-electron chi connectivity index (χ0n) is 20.7. The number of hydrogen-bond donors (Lipinski definition) is 1. The van der Waals surface area contributed by atoms with Crippen LogP contribution in [-0.4, -0.2) is 38.1 Å². The fourth-order valence-electron chi connectivity index (χ4n) is 11.1. The molecule has 0 unspecified atom stereocenters. The Balaban J connectivity index is 1.49. The van der Waals surface area contributed by atoms with Crippen LogP contribution in [0, 0.1) is 44.8 Å². The molecule has 5 aliphatic carbocycles. The highest BCUT2D eigenvalue weighted by Gasteiger charge is 2.82. The quantitative estimate of drug-likeness (QED) is 0.628. The second-order valence-electron chi connectivity index (χ2n) is 13.6. The molecule has 9 atom stereocenters. The standard InChI is InChI=1S/C27H48N2/c1-18(29(7)8)19-11-13-25(5)21-10-9-20-23(2,3)22(28-6)12-14-26(20)17-27(21,26)16-15-24(19,25)4/h18-22,28H,9-17H2,1-8H3/t18-,19+,20+,21-,22-,24+,25-,26+,27+/m0/s1. The summed E-state index contributed by atoms with van der Waals surface area (Å²) in [5.74, 6) is 2.82. The third kappa shape index (κ3) is 2.22. The Labute approximate surface area is 181 Å². The Hall–Kier alpha value is -0.0800. The highest BCUT2D eigenvalue weighted by Crippen LogP contribution is 2.88. The van der Waals surface area contributed by atoms with Gasteiger partial charge < -0.3 is 10.2 Å². The first kappa shape index (κ1) is 20.8. The SMILES string of the molecule is CN[C@H]1CC[C@]23C[C@@]24CC[C@]2(C)[C@@H]([C@H](C)N(C)C)CC[C@@]2(C)[C@@H]4CC[C@@H]3C1(C)C. The molecule has 0 amide bonds. The summed E-state index contributed by atoms with van der Waals surface area (Å²) in [5, 5.41) is 3.71. The lowest BCUT2D eigenvalue weighted by Gasteiger charge is -2.63. The summed E-state index contributed by atoms with van der Waals surface area (Å²) in [6, 6.07) is 1.43. The average molecular weight is 401 g/mol. The van der Waals surface area contributed by atoms with Gasteiger partial charge in [0.2, 0.25) is 0 Å². The van der Waals surface area contributed by atoms with Crippen molar-refractivity contribution in [2.24, 2.45) is 44.8 Å². The van der Waals surface area contributed by atoms with Crippen LogP contribution in [0.15, 0.2) is 0 Å². The van der Waals surface area contributed by atoms with Gasteiger partial charge in [0.05, 0.1) is 0 Å². The monoisotopic (exact) mass is 400 g/mol. The Morgan fingerprint density at radius 1 is 0.793 bits per heavy atom. The van der Waals surface area contributed by atoms with Gasteiger partial charge in [0.15, 0.2) is 0 Å². The molecule has 1 N–H and O–H groups in total. The minimum atomic E-state index is 0.459. The lowest BCUT2D eigenvalue weighted by molar-refractivity contribution is -0.146. The molecule has 0 radical (unpaired) electrons. The van der Waals surface area contributed by atoms with Gasteiger partial charge in [-0.1, -0.05) is 27.7 Å². The highest BCUT2D eigenvalue weighted by atomic mass is 15.1. The van der Waals surface area contributed by atoms with E-state index in [-0.39, 0.29) is 0 Å². The van der Waals surface area contributed by atoms with Crippen LogP contribution < -0.4 is 5.32 Å². The molecular weight excluding hydrogens is 352 g/mol. The summed E-state index contributed by atoms with van der Waals surface area (Å²) in [4.78, 5) is 2.50. The van der Waals surface area contributed by atoms with Gasteiger partial charge in [0, 0.05) is 12.1 Å².